The van der Waals surface area contributed by atoms with Crippen LogP contribution in [0.5, 0.6) is 5.75 Å². The van der Waals surface area contributed by atoms with E-state index in [1.165, 1.54) is 22.4 Å². The van der Waals surface area contributed by atoms with Crippen LogP contribution >= 0.6 is 0 Å². The van der Waals surface area contributed by atoms with E-state index >= 15 is 0 Å². The number of rotatable bonds is 7. The largest absolute Gasteiger partial charge is 0.494 e. The van der Waals surface area contributed by atoms with Crippen LogP contribution < -0.4 is 10.1 Å². The van der Waals surface area contributed by atoms with Crippen molar-refractivity contribution in [3.05, 3.63) is 59.2 Å². The molecule has 2 aromatic rings. The molecular weight excluding hydrogens is 258 g/mol. The third-order valence-corrected chi connectivity index (χ3v) is 3.56. The van der Waals surface area contributed by atoms with Gasteiger partial charge >= 0.3 is 0 Å². The van der Waals surface area contributed by atoms with Crippen LogP contribution in [0.2, 0.25) is 0 Å². The molecule has 0 saturated heterocycles. The van der Waals surface area contributed by atoms with Crippen LogP contribution in [0.25, 0.3) is 0 Å². The number of anilines is 1. The van der Waals surface area contributed by atoms with E-state index in [0.717, 1.165) is 31.7 Å². The zero-order chi connectivity index (χ0) is 15.1. The second-order valence-electron chi connectivity index (χ2n) is 5.61. The first kappa shape index (κ1) is 15.4. The summed E-state index contributed by atoms with van der Waals surface area (Å²) in [6.45, 7) is 8.12. The number of aryl methyl sites for hydroxylation is 3. The Morgan fingerprint density at radius 3 is 2.29 bits per heavy atom. The number of hydrogen-bond donors (Lipinski definition) is 1. The van der Waals surface area contributed by atoms with Crippen molar-refractivity contribution in [2.75, 3.05) is 18.5 Å². The zero-order valence-electron chi connectivity index (χ0n) is 13.3. The summed E-state index contributed by atoms with van der Waals surface area (Å²) >= 11 is 0. The highest BCUT2D eigenvalue weighted by Gasteiger charge is 1.98. The molecule has 0 aliphatic rings. The lowest BCUT2D eigenvalue weighted by Gasteiger charge is -2.10. The molecule has 2 nitrogen and oxygen atoms in total. The lowest BCUT2D eigenvalue weighted by molar-refractivity contribution is 0.308. The monoisotopic (exact) mass is 283 g/mol. The summed E-state index contributed by atoms with van der Waals surface area (Å²) in [5.41, 5.74) is 5.12. The molecule has 0 amide bonds. The molecule has 2 rings (SSSR count). The number of hydrogen-bond acceptors (Lipinski definition) is 2. The van der Waals surface area contributed by atoms with Crippen LogP contribution in [0, 0.1) is 20.8 Å². The average Bonchev–Trinajstić information content (AvgIpc) is 2.46. The van der Waals surface area contributed by atoms with Gasteiger partial charge in [0, 0.05) is 12.2 Å². The van der Waals surface area contributed by atoms with Gasteiger partial charge in [0.1, 0.15) is 5.75 Å². The van der Waals surface area contributed by atoms with Gasteiger partial charge in [-0.15, -0.1) is 0 Å². The lowest BCUT2D eigenvalue weighted by atomic mass is 10.1. The minimum Gasteiger partial charge on any atom is -0.494 e. The quantitative estimate of drug-likeness (QED) is 0.731. The van der Waals surface area contributed by atoms with Gasteiger partial charge in [-0.1, -0.05) is 35.4 Å². The summed E-state index contributed by atoms with van der Waals surface area (Å²) < 4.78 is 5.72. The first-order valence-corrected chi connectivity index (χ1v) is 7.66. The summed E-state index contributed by atoms with van der Waals surface area (Å²) in [5.74, 6) is 0.961. The molecule has 0 spiro atoms. The Labute approximate surface area is 128 Å². The molecule has 0 fully saturated rings. The van der Waals surface area contributed by atoms with Gasteiger partial charge in [0.05, 0.1) is 6.61 Å². The fourth-order valence-electron chi connectivity index (χ4n) is 2.29. The lowest BCUT2D eigenvalue weighted by Crippen LogP contribution is -2.05. The van der Waals surface area contributed by atoms with Gasteiger partial charge < -0.3 is 10.1 Å². The Morgan fingerprint density at radius 1 is 0.857 bits per heavy atom. The number of benzene rings is 2. The predicted molar refractivity (Wildman–Crippen MR) is 90.3 cm³/mol. The zero-order valence-corrected chi connectivity index (χ0v) is 13.3. The smallest absolute Gasteiger partial charge is 0.119 e. The molecule has 0 aromatic heterocycles. The van der Waals surface area contributed by atoms with Gasteiger partial charge in [-0.2, -0.15) is 0 Å². The molecule has 21 heavy (non-hydrogen) atoms. The highest BCUT2D eigenvalue weighted by molar-refractivity contribution is 5.51. The predicted octanol–water partition coefficient (Wildman–Crippen LogP) is 4.88. The standard InChI is InChI=1S/C19H25NO/c1-15-6-9-18(10-7-15)21-13-5-4-12-20-19-11-8-16(2)14-17(19)3/h6-11,14,20H,4-5,12-13H2,1-3H3. The van der Waals surface area contributed by atoms with Crippen molar-refractivity contribution in [2.24, 2.45) is 0 Å². The van der Waals surface area contributed by atoms with Gasteiger partial charge in [-0.3, -0.25) is 0 Å². The highest BCUT2D eigenvalue weighted by atomic mass is 16.5. The van der Waals surface area contributed by atoms with Crippen LogP contribution in [0.4, 0.5) is 5.69 Å². The third kappa shape index (κ3) is 5.14. The first-order valence-electron chi connectivity index (χ1n) is 7.66. The van der Waals surface area contributed by atoms with E-state index in [9.17, 15) is 0 Å². The normalized spacial score (nSPS) is 10.4. The van der Waals surface area contributed by atoms with Gasteiger partial charge in [0.15, 0.2) is 0 Å². The molecule has 0 atom stereocenters. The van der Waals surface area contributed by atoms with E-state index in [1.807, 2.05) is 12.1 Å². The molecule has 2 aromatic carbocycles. The van der Waals surface area contributed by atoms with Crippen molar-refractivity contribution in [3.8, 4) is 5.75 Å². The van der Waals surface area contributed by atoms with E-state index < -0.39 is 0 Å². The maximum Gasteiger partial charge on any atom is 0.119 e. The molecule has 0 aliphatic carbocycles. The molecule has 0 saturated carbocycles. The molecular formula is C19H25NO. The number of nitrogens with one attached hydrogen (secondary N) is 1. The number of ether oxygens (including phenoxy) is 1. The van der Waals surface area contributed by atoms with Crippen molar-refractivity contribution in [3.63, 3.8) is 0 Å². The first-order chi connectivity index (χ1) is 10.1. The molecule has 2 heteroatoms. The van der Waals surface area contributed by atoms with Crippen LogP contribution in [-0.4, -0.2) is 13.2 Å². The maximum absolute atomic E-state index is 5.72. The summed E-state index contributed by atoms with van der Waals surface area (Å²) in [7, 11) is 0. The second-order valence-corrected chi connectivity index (χ2v) is 5.61. The molecule has 112 valence electrons. The fourth-order valence-corrected chi connectivity index (χ4v) is 2.29. The Kier molecular flexibility index (Phi) is 5.68. The van der Waals surface area contributed by atoms with Crippen LogP contribution in [0.1, 0.15) is 29.5 Å². The molecule has 0 unspecified atom stereocenters. The minimum atomic E-state index is 0.775. The average molecular weight is 283 g/mol. The molecule has 0 bridgehead atoms. The maximum atomic E-state index is 5.72. The van der Waals surface area contributed by atoms with Crippen LogP contribution in [-0.2, 0) is 0 Å². The minimum absolute atomic E-state index is 0.775. The SMILES string of the molecule is Cc1ccc(OCCCCNc2ccc(C)cc2C)cc1. The third-order valence-electron chi connectivity index (χ3n) is 3.56. The highest BCUT2D eigenvalue weighted by Crippen LogP contribution is 2.16. The van der Waals surface area contributed by atoms with Crippen molar-refractivity contribution >= 4 is 5.69 Å². The summed E-state index contributed by atoms with van der Waals surface area (Å²) in [4.78, 5) is 0. The summed E-state index contributed by atoms with van der Waals surface area (Å²) in [6, 6.07) is 14.7. The van der Waals surface area contributed by atoms with Crippen LogP contribution in [0.3, 0.4) is 0 Å². The molecule has 0 aliphatic heterocycles. The Bertz CT molecular complexity index is 560. The molecule has 0 heterocycles. The Balaban J connectivity index is 1.63. The Morgan fingerprint density at radius 2 is 1.57 bits per heavy atom. The molecule has 1 N–H and O–H groups in total. The van der Waals surface area contributed by atoms with Crippen molar-refractivity contribution in [1.29, 1.82) is 0 Å². The fraction of sp³-hybridized carbons (Fsp3) is 0.368. The van der Waals surface area contributed by atoms with E-state index in [2.05, 4.69) is 56.4 Å². The van der Waals surface area contributed by atoms with Gasteiger partial charge in [-0.05, 0) is 57.4 Å². The topological polar surface area (TPSA) is 21.3 Å². The number of unbranched alkanes of at least 4 members (excludes halogenated alkanes) is 1. The summed E-state index contributed by atoms with van der Waals surface area (Å²) in [5, 5.41) is 3.49. The van der Waals surface area contributed by atoms with E-state index in [0.29, 0.717) is 0 Å². The van der Waals surface area contributed by atoms with E-state index in [1.54, 1.807) is 0 Å². The van der Waals surface area contributed by atoms with E-state index in [-0.39, 0.29) is 0 Å². The second kappa shape index (κ2) is 7.72. The van der Waals surface area contributed by atoms with Crippen molar-refractivity contribution in [1.82, 2.24) is 0 Å². The Hall–Kier alpha value is -1.96. The molecule has 0 radical (unpaired) electrons. The van der Waals surface area contributed by atoms with E-state index in [4.69, 9.17) is 4.74 Å². The van der Waals surface area contributed by atoms with Gasteiger partial charge in [0.2, 0.25) is 0 Å². The van der Waals surface area contributed by atoms with Crippen LogP contribution in [0.15, 0.2) is 42.5 Å². The van der Waals surface area contributed by atoms with Crippen molar-refractivity contribution in [2.45, 2.75) is 33.6 Å². The van der Waals surface area contributed by atoms with Crippen molar-refractivity contribution < 1.29 is 4.74 Å². The van der Waals surface area contributed by atoms with Gasteiger partial charge in [0.25, 0.3) is 0 Å². The van der Waals surface area contributed by atoms with Gasteiger partial charge in [-0.25, -0.2) is 0 Å². The summed E-state index contributed by atoms with van der Waals surface area (Å²) in [6.07, 6.45) is 2.17.